The molecule has 0 fully saturated rings. The molecular formula is C15H25NO3. The van der Waals surface area contributed by atoms with Crippen molar-refractivity contribution in [3.05, 3.63) is 18.2 Å². The summed E-state index contributed by atoms with van der Waals surface area (Å²) < 4.78 is 16.5. The number of hydrogen-bond donors (Lipinski definition) is 1. The van der Waals surface area contributed by atoms with E-state index in [9.17, 15) is 0 Å². The predicted molar refractivity (Wildman–Crippen MR) is 77.4 cm³/mol. The minimum atomic E-state index is 0.0435. The van der Waals surface area contributed by atoms with Gasteiger partial charge in [-0.1, -0.05) is 26.8 Å². The largest absolute Gasteiger partial charge is 0.493 e. The molecule has 108 valence electrons. The molecule has 19 heavy (non-hydrogen) atoms. The Morgan fingerprint density at radius 2 is 1.68 bits per heavy atom. The van der Waals surface area contributed by atoms with Crippen LogP contribution in [0.25, 0.3) is 0 Å². The maximum absolute atomic E-state index is 5.92. The Balaban J connectivity index is 2.76. The maximum Gasteiger partial charge on any atom is 0.203 e. The molecule has 0 aliphatic rings. The van der Waals surface area contributed by atoms with Crippen molar-refractivity contribution in [2.75, 3.05) is 33.9 Å². The minimum Gasteiger partial charge on any atom is -0.493 e. The Morgan fingerprint density at radius 1 is 1.11 bits per heavy atom. The van der Waals surface area contributed by atoms with Crippen LogP contribution in [0.3, 0.4) is 0 Å². The highest BCUT2D eigenvalue weighted by Crippen LogP contribution is 2.37. The van der Waals surface area contributed by atoms with Crippen LogP contribution in [0.4, 0.5) is 0 Å². The molecule has 4 heteroatoms. The first-order chi connectivity index (χ1) is 9.04. The third-order valence-electron chi connectivity index (χ3n) is 2.84. The summed E-state index contributed by atoms with van der Waals surface area (Å²) in [7, 11) is 3.26. The number of para-hydroxylation sites is 1. The Morgan fingerprint density at radius 3 is 2.16 bits per heavy atom. The van der Waals surface area contributed by atoms with Gasteiger partial charge in [0.1, 0.15) is 0 Å². The predicted octanol–water partition coefficient (Wildman–Crippen LogP) is 2.72. The van der Waals surface area contributed by atoms with E-state index in [0.717, 1.165) is 13.1 Å². The zero-order valence-electron chi connectivity index (χ0n) is 12.6. The molecule has 0 radical (unpaired) electrons. The lowest BCUT2D eigenvalue weighted by molar-refractivity contribution is 0.167. The quantitative estimate of drug-likeness (QED) is 0.786. The van der Waals surface area contributed by atoms with Gasteiger partial charge in [-0.3, -0.25) is 0 Å². The summed E-state index contributed by atoms with van der Waals surface area (Å²) in [6.45, 7) is 8.88. The highest BCUT2D eigenvalue weighted by Gasteiger charge is 2.20. The van der Waals surface area contributed by atoms with Gasteiger partial charge in [-0.25, -0.2) is 0 Å². The fraction of sp³-hybridized carbons (Fsp3) is 0.600. The van der Waals surface area contributed by atoms with Crippen LogP contribution in [-0.2, 0) is 0 Å². The van der Waals surface area contributed by atoms with Gasteiger partial charge in [0.15, 0.2) is 11.5 Å². The lowest BCUT2D eigenvalue weighted by atomic mass is 9.95. The summed E-state index contributed by atoms with van der Waals surface area (Å²) in [5.74, 6) is 2.05. The van der Waals surface area contributed by atoms with Gasteiger partial charge in [0, 0.05) is 12.0 Å². The number of rotatable bonds is 8. The number of ether oxygens (including phenoxy) is 3. The third-order valence-corrected chi connectivity index (χ3v) is 2.84. The van der Waals surface area contributed by atoms with Crippen LogP contribution in [0.2, 0.25) is 0 Å². The van der Waals surface area contributed by atoms with E-state index in [1.165, 1.54) is 0 Å². The number of hydrogen-bond acceptors (Lipinski definition) is 4. The van der Waals surface area contributed by atoms with Gasteiger partial charge < -0.3 is 19.5 Å². The molecule has 0 aliphatic carbocycles. The topological polar surface area (TPSA) is 39.7 Å². The molecule has 1 N–H and O–H groups in total. The van der Waals surface area contributed by atoms with Gasteiger partial charge in [-0.15, -0.1) is 0 Å². The molecule has 0 bridgehead atoms. The van der Waals surface area contributed by atoms with Crippen LogP contribution in [0.1, 0.15) is 20.8 Å². The molecule has 0 saturated carbocycles. The van der Waals surface area contributed by atoms with Crippen LogP contribution in [-0.4, -0.2) is 33.9 Å². The van der Waals surface area contributed by atoms with E-state index in [0.29, 0.717) is 23.9 Å². The maximum atomic E-state index is 5.92. The molecule has 1 aromatic carbocycles. The molecule has 0 aromatic heterocycles. The number of benzene rings is 1. The van der Waals surface area contributed by atoms with Crippen molar-refractivity contribution in [3.63, 3.8) is 0 Å². The average molecular weight is 267 g/mol. The minimum absolute atomic E-state index is 0.0435. The van der Waals surface area contributed by atoms with E-state index in [1.54, 1.807) is 14.2 Å². The standard InChI is InChI=1S/C15H25NO3/c1-6-16-10-15(2,3)11-19-14-12(17-4)8-7-9-13(14)18-5/h7-9,16H,6,10-11H2,1-5H3. The summed E-state index contributed by atoms with van der Waals surface area (Å²) in [5, 5.41) is 3.34. The zero-order valence-corrected chi connectivity index (χ0v) is 12.6. The van der Waals surface area contributed by atoms with Crippen molar-refractivity contribution in [1.29, 1.82) is 0 Å². The van der Waals surface area contributed by atoms with Crippen molar-refractivity contribution < 1.29 is 14.2 Å². The Bertz CT molecular complexity index is 369. The van der Waals surface area contributed by atoms with Crippen LogP contribution < -0.4 is 19.5 Å². The fourth-order valence-corrected chi connectivity index (χ4v) is 1.74. The molecule has 0 saturated heterocycles. The SMILES string of the molecule is CCNCC(C)(C)COc1c(OC)cccc1OC. The lowest BCUT2D eigenvalue weighted by Crippen LogP contribution is -2.34. The normalized spacial score (nSPS) is 11.2. The lowest BCUT2D eigenvalue weighted by Gasteiger charge is -2.26. The molecule has 0 aliphatic heterocycles. The number of nitrogens with one attached hydrogen (secondary N) is 1. The van der Waals surface area contributed by atoms with Crippen LogP contribution >= 0.6 is 0 Å². The van der Waals surface area contributed by atoms with Crippen LogP contribution in [0.5, 0.6) is 17.2 Å². The fourth-order valence-electron chi connectivity index (χ4n) is 1.74. The zero-order chi connectivity index (χ0) is 14.3. The number of methoxy groups -OCH3 is 2. The molecule has 0 amide bonds. The summed E-state index contributed by atoms with van der Waals surface area (Å²) in [6.07, 6.45) is 0. The van der Waals surface area contributed by atoms with Crippen molar-refractivity contribution in [2.24, 2.45) is 5.41 Å². The van der Waals surface area contributed by atoms with Gasteiger partial charge in [-0.2, -0.15) is 0 Å². The summed E-state index contributed by atoms with van der Waals surface area (Å²) in [4.78, 5) is 0. The molecule has 1 rings (SSSR count). The molecule has 0 spiro atoms. The average Bonchev–Trinajstić information content (AvgIpc) is 2.42. The Hall–Kier alpha value is -1.42. The van der Waals surface area contributed by atoms with E-state index in [4.69, 9.17) is 14.2 Å². The molecule has 1 aromatic rings. The summed E-state index contributed by atoms with van der Waals surface area (Å²) >= 11 is 0. The van der Waals surface area contributed by atoms with E-state index in [-0.39, 0.29) is 5.41 Å². The third kappa shape index (κ3) is 4.63. The summed E-state index contributed by atoms with van der Waals surface area (Å²) in [5.41, 5.74) is 0.0435. The second-order valence-electron chi connectivity index (χ2n) is 5.22. The summed E-state index contributed by atoms with van der Waals surface area (Å²) in [6, 6.07) is 5.62. The molecule has 4 nitrogen and oxygen atoms in total. The first-order valence-electron chi connectivity index (χ1n) is 6.58. The first kappa shape index (κ1) is 15.6. The molecule has 0 unspecified atom stereocenters. The Labute approximate surface area is 116 Å². The van der Waals surface area contributed by atoms with E-state index in [2.05, 4.69) is 26.1 Å². The van der Waals surface area contributed by atoms with Crippen molar-refractivity contribution in [2.45, 2.75) is 20.8 Å². The Kier molecular flexibility index (Phi) is 5.96. The first-order valence-corrected chi connectivity index (χ1v) is 6.58. The van der Waals surface area contributed by atoms with Crippen LogP contribution in [0, 0.1) is 5.41 Å². The van der Waals surface area contributed by atoms with Gasteiger partial charge in [0.05, 0.1) is 20.8 Å². The second kappa shape index (κ2) is 7.24. The van der Waals surface area contributed by atoms with E-state index < -0.39 is 0 Å². The second-order valence-corrected chi connectivity index (χ2v) is 5.22. The molecule has 0 atom stereocenters. The monoisotopic (exact) mass is 267 g/mol. The molecular weight excluding hydrogens is 242 g/mol. The smallest absolute Gasteiger partial charge is 0.203 e. The van der Waals surface area contributed by atoms with Crippen LogP contribution in [0.15, 0.2) is 18.2 Å². The molecule has 0 heterocycles. The van der Waals surface area contributed by atoms with Crippen molar-refractivity contribution in [3.8, 4) is 17.2 Å². The highest BCUT2D eigenvalue weighted by molar-refractivity contribution is 5.51. The van der Waals surface area contributed by atoms with E-state index >= 15 is 0 Å². The van der Waals surface area contributed by atoms with Gasteiger partial charge in [0.2, 0.25) is 5.75 Å². The highest BCUT2D eigenvalue weighted by atomic mass is 16.5. The van der Waals surface area contributed by atoms with Crippen molar-refractivity contribution >= 4 is 0 Å². The van der Waals surface area contributed by atoms with Gasteiger partial charge in [-0.05, 0) is 18.7 Å². The van der Waals surface area contributed by atoms with E-state index in [1.807, 2.05) is 18.2 Å². The van der Waals surface area contributed by atoms with Gasteiger partial charge in [0.25, 0.3) is 0 Å². The van der Waals surface area contributed by atoms with Gasteiger partial charge >= 0.3 is 0 Å². The van der Waals surface area contributed by atoms with Crippen molar-refractivity contribution in [1.82, 2.24) is 5.32 Å².